The first-order valence-corrected chi connectivity index (χ1v) is 11.7. The molecule has 0 amide bonds. The minimum absolute atomic E-state index is 0.385. The van der Waals surface area contributed by atoms with E-state index in [1.807, 2.05) is 24.3 Å². The molecule has 0 bridgehead atoms. The molecular weight excluding hydrogens is 436 g/mol. The number of allylic oxidation sites excluding steroid dienone is 3. The fourth-order valence-electron chi connectivity index (χ4n) is 4.62. The minimum atomic E-state index is 0.385. The lowest BCUT2D eigenvalue weighted by Gasteiger charge is -2.19. The molecule has 35 heavy (non-hydrogen) atoms. The second-order valence-electron chi connectivity index (χ2n) is 8.75. The number of hydrogen-bond acceptors (Lipinski definition) is 5. The molecular formula is C29H28N4O2. The molecule has 4 aromatic rings. The van der Waals surface area contributed by atoms with E-state index in [1.54, 1.807) is 25.7 Å². The number of aryl methyl sites for hydroxylation is 1. The number of rotatable bonds is 6. The van der Waals surface area contributed by atoms with Crippen molar-refractivity contribution < 1.29 is 9.47 Å². The van der Waals surface area contributed by atoms with Crippen LogP contribution in [-0.2, 0) is 13.0 Å². The van der Waals surface area contributed by atoms with Gasteiger partial charge in [-0.15, -0.1) is 0 Å². The van der Waals surface area contributed by atoms with Gasteiger partial charge >= 0.3 is 0 Å². The van der Waals surface area contributed by atoms with E-state index in [4.69, 9.17) is 9.47 Å². The summed E-state index contributed by atoms with van der Waals surface area (Å²) >= 11 is 0. The number of nitrogens with one attached hydrogen (secondary N) is 1. The second kappa shape index (κ2) is 9.97. The first kappa shape index (κ1) is 22.6. The Kier molecular flexibility index (Phi) is 6.44. The summed E-state index contributed by atoms with van der Waals surface area (Å²) in [5, 5.41) is 15.0. The van der Waals surface area contributed by atoms with Crippen LogP contribution in [0.3, 0.4) is 0 Å². The summed E-state index contributed by atoms with van der Waals surface area (Å²) in [4.78, 5) is 0. The van der Waals surface area contributed by atoms with Crippen LogP contribution in [0, 0.1) is 0 Å². The van der Waals surface area contributed by atoms with Crippen LogP contribution in [0.1, 0.15) is 42.7 Å². The van der Waals surface area contributed by atoms with Crippen molar-refractivity contribution in [2.75, 3.05) is 7.11 Å². The number of benzene rings is 2. The maximum Gasteiger partial charge on any atom is 0.130 e. The molecule has 1 N–H and O–H groups in total. The van der Waals surface area contributed by atoms with Gasteiger partial charge in [0.05, 0.1) is 31.4 Å². The van der Waals surface area contributed by atoms with E-state index in [-0.39, 0.29) is 0 Å². The van der Waals surface area contributed by atoms with Crippen LogP contribution >= 0.6 is 0 Å². The van der Waals surface area contributed by atoms with Crippen molar-refractivity contribution in [1.82, 2.24) is 20.4 Å². The van der Waals surface area contributed by atoms with Crippen molar-refractivity contribution in [1.29, 1.82) is 0 Å². The molecule has 0 fully saturated rings. The van der Waals surface area contributed by atoms with Gasteiger partial charge in [0.1, 0.15) is 18.1 Å². The zero-order valence-corrected chi connectivity index (χ0v) is 20.2. The summed E-state index contributed by atoms with van der Waals surface area (Å²) in [5.41, 5.74) is 10.5. The number of nitrogens with zero attached hydrogens (tertiary/aromatic N) is 3. The molecule has 0 saturated heterocycles. The molecule has 2 aromatic carbocycles. The summed E-state index contributed by atoms with van der Waals surface area (Å²) in [6.07, 6.45) is 9.48. The fourth-order valence-corrected chi connectivity index (χ4v) is 4.62. The van der Waals surface area contributed by atoms with Gasteiger partial charge in [0.2, 0.25) is 0 Å². The van der Waals surface area contributed by atoms with E-state index in [0.717, 1.165) is 41.2 Å². The van der Waals surface area contributed by atoms with Crippen molar-refractivity contribution in [2.24, 2.45) is 0 Å². The normalized spacial score (nSPS) is 17.1. The van der Waals surface area contributed by atoms with Crippen LogP contribution in [0.25, 0.3) is 22.8 Å². The van der Waals surface area contributed by atoms with Crippen LogP contribution in [0.2, 0.25) is 0 Å². The third-order valence-corrected chi connectivity index (χ3v) is 6.46. The number of ether oxygens (including phenoxy) is 2. The molecule has 0 atom stereocenters. The number of H-pyrrole nitrogens is 1. The van der Waals surface area contributed by atoms with Gasteiger partial charge in [0, 0.05) is 11.1 Å². The number of methoxy groups -OCH3 is 1. The number of aromatic nitrogens is 4. The molecule has 1 aliphatic rings. The monoisotopic (exact) mass is 464 g/mol. The fraction of sp³-hybridized carbons (Fsp3) is 0.207. The number of fused-ring (bicyclic) bond motifs is 1. The first-order valence-electron chi connectivity index (χ1n) is 11.7. The minimum Gasteiger partial charge on any atom is -0.497 e. The van der Waals surface area contributed by atoms with E-state index in [0.29, 0.717) is 6.61 Å². The summed E-state index contributed by atoms with van der Waals surface area (Å²) in [7, 11) is 1.71. The van der Waals surface area contributed by atoms with Gasteiger partial charge in [-0.3, -0.25) is 5.10 Å². The van der Waals surface area contributed by atoms with Crippen LogP contribution in [0.4, 0.5) is 0 Å². The smallest absolute Gasteiger partial charge is 0.130 e. The van der Waals surface area contributed by atoms with Crippen molar-refractivity contribution in [3.05, 3.63) is 101 Å². The Bertz CT molecular complexity index is 1390. The average molecular weight is 465 g/mol. The zero-order valence-electron chi connectivity index (χ0n) is 20.2. The van der Waals surface area contributed by atoms with Gasteiger partial charge in [-0.2, -0.15) is 15.3 Å². The molecule has 0 spiro atoms. The molecule has 0 aliphatic heterocycles. The SMILES string of the molecule is COc1ccc2c(c1)/C=C(C)\C(c1ccc(OCc3[nH]ncc3-c3ccnnc3)cc1)=C(/C)CC2. The highest BCUT2D eigenvalue weighted by Crippen LogP contribution is 2.35. The topological polar surface area (TPSA) is 72.9 Å². The standard InChI is InChI=1S/C29H28N4O2/c1-19-4-5-21-6-11-26(34-3)15-24(21)14-20(2)29(19)22-7-9-25(10-8-22)35-18-28-27(17-32-33-28)23-12-13-30-31-16-23/h6-17H,4-5,18H2,1-3H3,(H,32,33)/b20-14-,29-19-. The van der Waals surface area contributed by atoms with E-state index >= 15 is 0 Å². The lowest BCUT2D eigenvalue weighted by molar-refractivity contribution is 0.301. The molecule has 2 heterocycles. The molecule has 5 rings (SSSR count). The van der Waals surface area contributed by atoms with Crippen LogP contribution < -0.4 is 9.47 Å². The maximum atomic E-state index is 6.07. The Hall–Kier alpha value is -4.19. The zero-order chi connectivity index (χ0) is 24.2. The van der Waals surface area contributed by atoms with E-state index in [2.05, 4.69) is 64.6 Å². The predicted octanol–water partition coefficient (Wildman–Crippen LogP) is 6.28. The number of aromatic amines is 1. The molecule has 176 valence electrons. The summed E-state index contributed by atoms with van der Waals surface area (Å²) in [5.74, 6) is 1.70. The van der Waals surface area contributed by atoms with Crippen LogP contribution in [0.5, 0.6) is 11.5 Å². The predicted molar refractivity (Wildman–Crippen MR) is 138 cm³/mol. The lowest BCUT2D eigenvalue weighted by Crippen LogP contribution is -2.01. The Morgan fingerprint density at radius 1 is 0.886 bits per heavy atom. The molecule has 0 unspecified atom stereocenters. The van der Waals surface area contributed by atoms with Crippen molar-refractivity contribution in [2.45, 2.75) is 33.3 Å². The highest BCUT2D eigenvalue weighted by molar-refractivity contribution is 5.86. The molecule has 6 heteroatoms. The lowest BCUT2D eigenvalue weighted by atomic mass is 9.86. The third-order valence-electron chi connectivity index (χ3n) is 6.46. The quantitative estimate of drug-likeness (QED) is 0.364. The second-order valence-corrected chi connectivity index (χ2v) is 8.75. The van der Waals surface area contributed by atoms with Gasteiger partial charge in [0.25, 0.3) is 0 Å². The third kappa shape index (κ3) is 4.87. The highest BCUT2D eigenvalue weighted by Gasteiger charge is 2.15. The Morgan fingerprint density at radius 3 is 2.49 bits per heavy atom. The van der Waals surface area contributed by atoms with Gasteiger partial charge in [0.15, 0.2) is 0 Å². The molecule has 0 radical (unpaired) electrons. The molecule has 2 aromatic heterocycles. The number of hydrogen-bond donors (Lipinski definition) is 1. The van der Waals surface area contributed by atoms with Gasteiger partial charge < -0.3 is 9.47 Å². The summed E-state index contributed by atoms with van der Waals surface area (Å²) < 4.78 is 11.5. The summed E-state index contributed by atoms with van der Waals surface area (Å²) in [6, 6.07) is 16.6. The van der Waals surface area contributed by atoms with Crippen molar-refractivity contribution in [3.8, 4) is 22.6 Å². The Labute approximate surface area is 205 Å². The van der Waals surface area contributed by atoms with Crippen LogP contribution in [-0.4, -0.2) is 27.5 Å². The first-order chi connectivity index (χ1) is 17.1. The van der Waals surface area contributed by atoms with Gasteiger partial charge in [-0.25, -0.2) is 0 Å². The largest absolute Gasteiger partial charge is 0.497 e. The van der Waals surface area contributed by atoms with Gasteiger partial charge in [-0.1, -0.05) is 29.8 Å². The molecule has 0 saturated carbocycles. The van der Waals surface area contributed by atoms with Crippen molar-refractivity contribution >= 4 is 11.6 Å². The van der Waals surface area contributed by atoms with E-state index in [9.17, 15) is 0 Å². The van der Waals surface area contributed by atoms with E-state index < -0.39 is 0 Å². The average Bonchev–Trinajstić information content (AvgIpc) is 3.36. The molecule has 6 nitrogen and oxygen atoms in total. The van der Waals surface area contributed by atoms with Crippen molar-refractivity contribution in [3.63, 3.8) is 0 Å². The molecule has 1 aliphatic carbocycles. The van der Waals surface area contributed by atoms with E-state index in [1.165, 1.54) is 33.4 Å². The Balaban J connectivity index is 1.35. The van der Waals surface area contributed by atoms with Gasteiger partial charge in [-0.05, 0) is 84.9 Å². The summed E-state index contributed by atoms with van der Waals surface area (Å²) in [6.45, 7) is 4.81. The van der Waals surface area contributed by atoms with Crippen LogP contribution in [0.15, 0.2) is 78.3 Å². The maximum absolute atomic E-state index is 6.07. The highest BCUT2D eigenvalue weighted by atomic mass is 16.5. The Morgan fingerprint density at radius 2 is 1.71 bits per heavy atom.